The number of hydrogen-bond acceptors (Lipinski definition) is 2. The number of carboxylic acid groups (broad SMARTS) is 1. The van der Waals surface area contributed by atoms with Gasteiger partial charge in [0.25, 0.3) is 5.91 Å². The molecule has 0 saturated heterocycles. The summed E-state index contributed by atoms with van der Waals surface area (Å²) in [5.41, 5.74) is 4.27. The molecule has 1 rings (SSSR count). The summed E-state index contributed by atoms with van der Waals surface area (Å²) in [5, 5.41) is 11.4. The van der Waals surface area contributed by atoms with Crippen molar-refractivity contribution in [3.63, 3.8) is 0 Å². The van der Waals surface area contributed by atoms with Gasteiger partial charge in [-0.1, -0.05) is 30.3 Å². The minimum absolute atomic E-state index is 0.0402. The maximum atomic E-state index is 11.1. The van der Waals surface area contributed by atoms with Crippen molar-refractivity contribution in [3.8, 4) is 0 Å². The Labute approximate surface area is 93.3 Å². The normalized spacial score (nSPS) is 11.8. The molecule has 5 N–H and O–H groups in total. The standard InChI is InChI=1S/C11H14N2O3/c12-7-10(14)13-9(11(15)16)6-8-4-2-1-3-5-8/h1-5,9H,6-7,12H2,(H,13,14)(H,15,16)/p+1/t9-/m0/s1. The van der Waals surface area contributed by atoms with Crippen LogP contribution in [0, 0.1) is 0 Å². The van der Waals surface area contributed by atoms with Gasteiger partial charge in [0.2, 0.25) is 0 Å². The van der Waals surface area contributed by atoms with Crippen LogP contribution in [-0.4, -0.2) is 29.6 Å². The van der Waals surface area contributed by atoms with Crippen LogP contribution in [0.5, 0.6) is 0 Å². The minimum Gasteiger partial charge on any atom is -0.480 e. The fourth-order valence-electron chi connectivity index (χ4n) is 1.32. The van der Waals surface area contributed by atoms with Gasteiger partial charge in [-0.15, -0.1) is 0 Å². The van der Waals surface area contributed by atoms with Crippen LogP contribution in [0.15, 0.2) is 30.3 Å². The summed E-state index contributed by atoms with van der Waals surface area (Å²) in [6, 6.07) is 8.28. The van der Waals surface area contributed by atoms with Gasteiger partial charge < -0.3 is 16.2 Å². The van der Waals surface area contributed by atoms with Gasteiger partial charge in [0.15, 0.2) is 6.54 Å². The van der Waals surface area contributed by atoms with E-state index in [1.807, 2.05) is 30.3 Å². The van der Waals surface area contributed by atoms with Gasteiger partial charge in [0.05, 0.1) is 0 Å². The van der Waals surface area contributed by atoms with Gasteiger partial charge in [0.1, 0.15) is 6.04 Å². The fraction of sp³-hybridized carbons (Fsp3) is 0.273. The van der Waals surface area contributed by atoms with Gasteiger partial charge in [-0.2, -0.15) is 0 Å². The molecule has 1 amide bonds. The number of aliphatic carboxylic acids is 1. The molecule has 0 radical (unpaired) electrons. The van der Waals surface area contributed by atoms with E-state index in [0.717, 1.165) is 5.56 Å². The van der Waals surface area contributed by atoms with Crippen molar-refractivity contribution in [2.45, 2.75) is 12.5 Å². The highest BCUT2D eigenvalue weighted by atomic mass is 16.4. The minimum atomic E-state index is -1.04. The monoisotopic (exact) mass is 223 g/mol. The Kier molecular flexibility index (Phi) is 4.47. The van der Waals surface area contributed by atoms with E-state index >= 15 is 0 Å². The summed E-state index contributed by atoms with van der Waals surface area (Å²) in [6.45, 7) is 0.0402. The van der Waals surface area contributed by atoms with E-state index in [9.17, 15) is 9.59 Å². The van der Waals surface area contributed by atoms with Crippen LogP contribution in [0.2, 0.25) is 0 Å². The highest BCUT2D eigenvalue weighted by Gasteiger charge is 2.19. The average Bonchev–Trinajstić information content (AvgIpc) is 2.29. The first kappa shape index (κ1) is 12.2. The van der Waals surface area contributed by atoms with Crippen LogP contribution in [0.4, 0.5) is 0 Å². The lowest BCUT2D eigenvalue weighted by Crippen LogP contribution is -2.59. The van der Waals surface area contributed by atoms with Crippen molar-refractivity contribution < 1.29 is 20.4 Å². The Morgan fingerprint density at radius 2 is 1.94 bits per heavy atom. The van der Waals surface area contributed by atoms with E-state index in [2.05, 4.69) is 11.1 Å². The molecule has 0 bridgehead atoms. The van der Waals surface area contributed by atoms with Crippen molar-refractivity contribution in [3.05, 3.63) is 35.9 Å². The Balaban J connectivity index is 2.65. The molecule has 0 spiro atoms. The lowest BCUT2D eigenvalue weighted by molar-refractivity contribution is -0.355. The number of nitrogens with one attached hydrogen (secondary N) is 1. The number of carbonyl (C=O) groups excluding carboxylic acids is 1. The second-order valence-corrected chi connectivity index (χ2v) is 3.40. The number of quaternary nitrogens is 1. The molecule has 0 aliphatic heterocycles. The summed E-state index contributed by atoms with van der Waals surface area (Å²) in [7, 11) is 0. The number of rotatable bonds is 5. The molecular formula is C11H15N2O3+. The SMILES string of the molecule is [NH3+]CC(=O)N[C@@H](Cc1ccccc1)C(=O)O. The molecule has 0 aliphatic rings. The molecule has 0 unspecified atom stereocenters. The van der Waals surface area contributed by atoms with Gasteiger partial charge in [0, 0.05) is 6.42 Å². The summed E-state index contributed by atoms with van der Waals surface area (Å²) in [6.07, 6.45) is 0.280. The maximum absolute atomic E-state index is 11.1. The zero-order valence-corrected chi connectivity index (χ0v) is 8.85. The second kappa shape index (κ2) is 5.87. The number of carboxylic acids is 1. The van der Waals surface area contributed by atoms with Gasteiger partial charge in [-0.05, 0) is 5.56 Å². The van der Waals surface area contributed by atoms with Crippen molar-refractivity contribution in [2.75, 3.05) is 6.54 Å². The average molecular weight is 223 g/mol. The Hall–Kier alpha value is -1.88. The third-order valence-corrected chi connectivity index (χ3v) is 2.14. The van der Waals surface area contributed by atoms with Crippen LogP contribution >= 0.6 is 0 Å². The molecule has 1 aromatic rings. The third-order valence-electron chi connectivity index (χ3n) is 2.14. The predicted octanol–water partition coefficient (Wildman–Crippen LogP) is -0.960. The van der Waals surface area contributed by atoms with Crippen LogP contribution in [0.3, 0.4) is 0 Å². The third kappa shape index (κ3) is 3.70. The van der Waals surface area contributed by atoms with Crippen LogP contribution in [-0.2, 0) is 16.0 Å². The maximum Gasteiger partial charge on any atom is 0.326 e. The molecule has 0 aliphatic carbocycles. The topological polar surface area (TPSA) is 94.0 Å². The van der Waals surface area contributed by atoms with Crippen molar-refractivity contribution >= 4 is 11.9 Å². The van der Waals surface area contributed by atoms with Gasteiger partial charge >= 0.3 is 5.97 Å². The molecule has 0 heterocycles. The van der Waals surface area contributed by atoms with Crippen molar-refractivity contribution in [1.29, 1.82) is 0 Å². The number of hydrogen-bond donors (Lipinski definition) is 3. The van der Waals surface area contributed by atoms with Crippen molar-refractivity contribution in [1.82, 2.24) is 5.32 Å². The summed E-state index contributed by atoms with van der Waals surface area (Å²) >= 11 is 0. The molecule has 0 saturated carbocycles. The smallest absolute Gasteiger partial charge is 0.326 e. The molecule has 5 heteroatoms. The number of amides is 1. The van der Waals surface area contributed by atoms with Crippen LogP contribution in [0.25, 0.3) is 0 Å². The number of carbonyl (C=O) groups is 2. The zero-order chi connectivity index (χ0) is 12.0. The van der Waals surface area contributed by atoms with E-state index < -0.39 is 12.0 Å². The second-order valence-electron chi connectivity index (χ2n) is 3.40. The fourth-order valence-corrected chi connectivity index (χ4v) is 1.32. The van der Waals surface area contributed by atoms with Gasteiger partial charge in [-0.25, -0.2) is 4.79 Å². The summed E-state index contributed by atoms with van der Waals surface area (Å²) in [4.78, 5) is 22.0. The summed E-state index contributed by atoms with van der Waals surface area (Å²) < 4.78 is 0. The van der Waals surface area contributed by atoms with E-state index in [0.29, 0.717) is 0 Å². The first-order chi connectivity index (χ1) is 7.63. The molecule has 0 aromatic heterocycles. The van der Waals surface area contributed by atoms with Crippen LogP contribution in [0.1, 0.15) is 5.56 Å². The number of benzene rings is 1. The molecule has 86 valence electrons. The van der Waals surface area contributed by atoms with E-state index in [-0.39, 0.29) is 18.9 Å². The molecule has 5 nitrogen and oxygen atoms in total. The first-order valence-electron chi connectivity index (χ1n) is 4.99. The Morgan fingerprint density at radius 1 is 1.31 bits per heavy atom. The molecule has 16 heavy (non-hydrogen) atoms. The summed E-state index contributed by atoms with van der Waals surface area (Å²) in [5.74, 6) is -1.39. The van der Waals surface area contributed by atoms with E-state index in [1.165, 1.54) is 0 Å². The predicted molar refractivity (Wildman–Crippen MR) is 57.5 cm³/mol. The highest BCUT2D eigenvalue weighted by Crippen LogP contribution is 2.03. The van der Waals surface area contributed by atoms with Gasteiger partial charge in [-0.3, -0.25) is 4.79 Å². The highest BCUT2D eigenvalue weighted by molar-refractivity contribution is 5.84. The largest absolute Gasteiger partial charge is 0.480 e. The lowest BCUT2D eigenvalue weighted by atomic mass is 10.1. The quantitative estimate of drug-likeness (QED) is 0.600. The van der Waals surface area contributed by atoms with E-state index in [4.69, 9.17) is 5.11 Å². The first-order valence-corrected chi connectivity index (χ1v) is 4.99. The molecule has 0 fully saturated rings. The van der Waals surface area contributed by atoms with Crippen LogP contribution < -0.4 is 11.1 Å². The van der Waals surface area contributed by atoms with E-state index in [1.54, 1.807) is 0 Å². The molecular weight excluding hydrogens is 208 g/mol. The van der Waals surface area contributed by atoms with Crippen molar-refractivity contribution in [2.24, 2.45) is 0 Å². The Bertz CT molecular complexity index is 365. The lowest BCUT2D eigenvalue weighted by Gasteiger charge is -2.13. The molecule has 1 atom stereocenters. The zero-order valence-electron chi connectivity index (χ0n) is 8.85. The molecule has 1 aromatic carbocycles. The Morgan fingerprint density at radius 3 is 2.44 bits per heavy atom.